The predicted octanol–water partition coefficient (Wildman–Crippen LogP) is 6.65. The Morgan fingerprint density at radius 3 is 1.89 bits per heavy atom. The van der Waals surface area contributed by atoms with E-state index in [2.05, 4.69) is 13.2 Å². The van der Waals surface area contributed by atoms with Crippen LogP contribution in [0.4, 0.5) is 0 Å². The first kappa shape index (κ1) is 30.7. The van der Waals surface area contributed by atoms with Gasteiger partial charge < -0.3 is 14.2 Å². The average Bonchev–Trinajstić information content (AvgIpc) is 2.94. The van der Waals surface area contributed by atoms with Gasteiger partial charge in [0.2, 0.25) is 0 Å². The van der Waals surface area contributed by atoms with Gasteiger partial charge in [-0.3, -0.25) is 4.79 Å². The fourth-order valence-electron chi connectivity index (χ4n) is 3.01. The number of hydrogen-bond acceptors (Lipinski definition) is 6. The van der Waals surface area contributed by atoms with Gasteiger partial charge in [0, 0.05) is 13.2 Å². The van der Waals surface area contributed by atoms with Crippen molar-refractivity contribution in [2.24, 2.45) is 0 Å². The van der Waals surface area contributed by atoms with Crippen molar-refractivity contribution in [1.82, 2.24) is 0 Å². The molecule has 3 rings (SSSR count). The SMILES string of the molecule is C=CC(=O)OCc1ccc(-c2ccc(OC(=O)c3ccc(COC)cc3)c(C)c2)cc1.C=CC=O.CC. The van der Waals surface area contributed by atoms with E-state index in [0.29, 0.717) is 24.2 Å². The summed E-state index contributed by atoms with van der Waals surface area (Å²) >= 11 is 0. The molecule has 0 aliphatic carbocycles. The Balaban J connectivity index is 0.00000104. The van der Waals surface area contributed by atoms with Gasteiger partial charge in [0.25, 0.3) is 0 Å². The minimum Gasteiger partial charge on any atom is -0.458 e. The molecule has 0 aromatic heterocycles. The van der Waals surface area contributed by atoms with Gasteiger partial charge in [-0.25, -0.2) is 9.59 Å². The zero-order chi connectivity index (χ0) is 27.6. The van der Waals surface area contributed by atoms with Crippen LogP contribution in [0.2, 0.25) is 0 Å². The molecule has 0 spiro atoms. The van der Waals surface area contributed by atoms with E-state index in [4.69, 9.17) is 19.0 Å². The van der Waals surface area contributed by atoms with Crippen LogP contribution < -0.4 is 4.74 Å². The minimum absolute atomic E-state index is 0.200. The van der Waals surface area contributed by atoms with Gasteiger partial charge in [-0.2, -0.15) is 0 Å². The van der Waals surface area contributed by atoms with Crippen LogP contribution in [-0.4, -0.2) is 25.3 Å². The molecule has 0 heterocycles. The smallest absolute Gasteiger partial charge is 0.343 e. The molecule has 3 aromatic rings. The summed E-state index contributed by atoms with van der Waals surface area (Å²) in [4.78, 5) is 32.7. The number of esters is 2. The Kier molecular flexibility index (Phi) is 14.3. The van der Waals surface area contributed by atoms with E-state index in [9.17, 15) is 9.59 Å². The van der Waals surface area contributed by atoms with Crippen LogP contribution in [0.5, 0.6) is 5.75 Å². The molecule has 37 heavy (non-hydrogen) atoms. The summed E-state index contributed by atoms with van der Waals surface area (Å²) in [6.45, 7) is 13.1. The molecule has 3 aromatic carbocycles. The number of aldehydes is 1. The van der Waals surface area contributed by atoms with Crippen molar-refractivity contribution in [3.63, 3.8) is 0 Å². The van der Waals surface area contributed by atoms with Crippen LogP contribution in [0.25, 0.3) is 11.1 Å². The lowest BCUT2D eigenvalue weighted by atomic mass is 10.0. The van der Waals surface area contributed by atoms with E-state index in [1.165, 1.54) is 6.08 Å². The molecular weight excluding hydrogens is 468 g/mol. The van der Waals surface area contributed by atoms with Crippen molar-refractivity contribution in [2.75, 3.05) is 7.11 Å². The molecule has 0 amide bonds. The molecule has 0 fully saturated rings. The Hall–Kier alpha value is -4.29. The average molecular weight is 503 g/mol. The second kappa shape index (κ2) is 17.2. The maximum absolute atomic E-state index is 12.5. The van der Waals surface area contributed by atoms with E-state index >= 15 is 0 Å². The van der Waals surface area contributed by atoms with Gasteiger partial charge in [-0.15, -0.1) is 0 Å². The van der Waals surface area contributed by atoms with Crippen molar-refractivity contribution in [2.45, 2.75) is 34.0 Å². The number of carbonyl (C=O) groups excluding carboxylic acids is 3. The van der Waals surface area contributed by atoms with Crippen molar-refractivity contribution in [1.29, 1.82) is 0 Å². The van der Waals surface area contributed by atoms with Gasteiger partial charge in [0.05, 0.1) is 12.2 Å². The van der Waals surface area contributed by atoms with Crippen molar-refractivity contribution in [3.8, 4) is 16.9 Å². The van der Waals surface area contributed by atoms with Gasteiger partial charge in [0.15, 0.2) is 0 Å². The van der Waals surface area contributed by atoms with E-state index in [-0.39, 0.29) is 6.61 Å². The monoisotopic (exact) mass is 502 g/mol. The van der Waals surface area contributed by atoms with Gasteiger partial charge in [0.1, 0.15) is 18.6 Å². The molecule has 0 bridgehead atoms. The van der Waals surface area contributed by atoms with E-state index < -0.39 is 11.9 Å². The van der Waals surface area contributed by atoms with Crippen molar-refractivity contribution < 1.29 is 28.6 Å². The molecular formula is C31H34O6. The zero-order valence-electron chi connectivity index (χ0n) is 21.9. The number of allylic oxidation sites excluding steroid dienone is 1. The number of hydrogen-bond donors (Lipinski definition) is 0. The third-order valence-corrected chi connectivity index (χ3v) is 4.81. The summed E-state index contributed by atoms with van der Waals surface area (Å²) in [5.74, 6) is -0.336. The Morgan fingerprint density at radius 2 is 1.38 bits per heavy atom. The molecule has 0 unspecified atom stereocenters. The lowest BCUT2D eigenvalue weighted by molar-refractivity contribution is -0.139. The fourth-order valence-corrected chi connectivity index (χ4v) is 3.01. The molecule has 0 N–H and O–H groups in total. The third kappa shape index (κ3) is 10.5. The van der Waals surface area contributed by atoms with Crippen LogP contribution in [-0.2, 0) is 32.3 Å². The van der Waals surface area contributed by atoms with Crippen LogP contribution >= 0.6 is 0 Å². The second-order valence-electron chi connectivity index (χ2n) is 7.38. The molecule has 6 nitrogen and oxygen atoms in total. The molecule has 0 aliphatic rings. The summed E-state index contributed by atoms with van der Waals surface area (Å²) in [5, 5.41) is 0. The number of methoxy groups -OCH3 is 1. The largest absolute Gasteiger partial charge is 0.458 e. The molecule has 0 saturated heterocycles. The highest BCUT2D eigenvalue weighted by atomic mass is 16.5. The van der Waals surface area contributed by atoms with Gasteiger partial charge >= 0.3 is 11.9 Å². The predicted molar refractivity (Wildman–Crippen MR) is 146 cm³/mol. The maximum Gasteiger partial charge on any atom is 0.343 e. The number of benzene rings is 3. The van der Waals surface area contributed by atoms with Gasteiger partial charge in [-0.1, -0.05) is 69.5 Å². The number of ether oxygens (including phenoxy) is 3. The lowest BCUT2D eigenvalue weighted by Gasteiger charge is -2.11. The highest BCUT2D eigenvalue weighted by molar-refractivity contribution is 5.91. The first-order valence-corrected chi connectivity index (χ1v) is 11.8. The molecule has 0 aliphatic heterocycles. The third-order valence-electron chi connectivity index (χ3n) is 4.81. The standard InChI is InChI=1S/C26H24O5.C3H4O.C2H6/c1-4-25(27)30-17-20-5-9-21(10-6-20)23-13-14-24(18(2)15-23)31-26(28)22-11-7-19(8-12-22)16-29-3;1-2-3-4;1-2/h4-15H,1,16-17H2,2-3H3;2-3H,1H2;1-2H3. The van der Waals surface area contributed by atoms with E-state index in [1.807, 2.05) is 69.3 Å². The van der Waals surface area contributed by atoms with Crippen LogP contribution in [0.3, 0.4) is 0 Å². The number of rotatable bonds is 9. The lowest BCUT2D eigenvalue weighted by Crippen LogP contribution is -2.09. The summed E-state index contributed by atoms with van der Waals surface area (Å²) in [5.41, 5.74) is 5.22. The van der Waals surface area contributed by atoms with Crippen molar-refractivity contribution in [3.05, 3.63) is 114 Å². The Labute approximate surface area is 219 Å². The molecule has 6 heteroatoms. The summed E-state index contributed by atoms with van der Waals surface area (Å²) < 4.78 is 15.7. The first-order chi connectivity index (χ1) is 17.9. The van der Waals surface area contributed by atoms with E-state index in [0.717, 1.165) is 33.9 Å². The van der Waals surface area contributed by atoms with Crippen LogP contribution in [0.15, 0.2) is 92.0 Å². The fraction of sp³-hybridized carbons (Fsp3) is 0.194. The number of aryl methyl sites for hydroxylation is 1. The minimum atomic E-state index is -0.448. The van der Waals surface area contributed by atoms with Crippen LogP contribution in [0.1, 0.15) is 40.9 Å². The summed E-state index contributed by atoms with van der Waals surface area (Å²) in [6.07, 6.45) is 2.97. The quantitative estimate of drug-likeness (QED) is 0.141. The normalized spacial score (nSPS) is 9.41. The van der Waals surface area contributed by atoms with Crippen LogP contribution in [0, 0.1) is 6.92 Å². The second-order valence-corrected chi connectivity index (χ2v) is 7.38. The molecule has 0 atom stereocenters. The molecule has 0 radical (unpaired) electrons. The Bertz CT molecular complexity index is 1160. The topological polar surface area (TPSA) is 78.9 Å². The van der Waals surface area contributed by atoms with E-state index in [1.54, 1.807) is 25.3 Å². The number of carbonyl (C=O) groups is 3. The summed E-state index contributed by atoms with van der Waals surface area (Å²) in [7, 11) is 1.63. The zero-order valence-corrected chi connectivity index (χ0v) is 21.9. The summed E-state index contributed by atoms with van der Waals surface area (Å²) in [6, 6.07) is 20.5. The Morgan fingerprint density at radius 1 is 0.838 bits per heavy atom. The van der Waals surface area contributed by atoms with Crippen molar-refractivity contribution >= 4 is 18.2 Å². The first-order valence-electron chi connectivity index (χ1n) is 11.8. The maximum atomic E-state index is 12.5. The van der Waals surface area contributed by atoms with Gasteiger partial charge in [-0.05, 0) is 65.1 Å². The molecule has 0 saturated carbocycles. The molecule has 194 valence electrons. The highest BCUT2D eigenvalue weighted by Crippen LogP contribution is 2.27. The highest BCUT2D eigenvalue weighted by Gasteiger charge is 2.11.